The lowest BCUT2D eigenvalue weighted by Crippen LogP contribution is -2.44. The van der Waals surface area contributed by atoms with Crippen molar-refractivity contribution in [2.45, 2.75) is 0 Å². The van der Waals surface area contributed by atoms with E-state index in [1.54, 1.807) is 30.7 Å². The molecule has 0 spiro atoms. The van der Waals surface area contributed by atoms with Gasteiger partial charge in [0.2, 0.25) is 0 Å². The number of hydrogen-bond acceptors (Lipinski definition) is 7. The zero-order chi connectivity index (χ0) is 21.9. The van der Waals surface area contributed by atoms with E-state index < -0.39 is 0 Å². The molecule has 0 bridgehead atoms. The molecule has 0 radical (unpaired) electrons. The van der Waals surface area contributed by atoms with Gasteiger partial charge in [-0.05, 0) is 43.4 Å². The topological polar surface area (TPSA) is 87.1 Å². The van der Waals surface area contributed by atoms with Crippen molar-refractivity contribution in [1.82, 2.24) is 24.8 Å². The molecule has 0 aliphatic carbocycles. The average molecular weight is 425 g/mol. The molecule has 0 atom stereocenters. The van der Waals surface area contributed by atoms with Crippen LogP contribution in [0.25, 0.3) is 22.3 Å². The van der Waals surface area contributed by atoms with E-state index in [2.05, 4.69) is 37.1 Å². The van der Waals surface area contributed by atoms with Crippen LogP contribution in [0.2, 0.25) is 0 Å². The first kappa shape index (κ1) is 20.0. The van der Waals surface area contributed by atoms with Gasteiger partial charge in [-0.2, -0.15) is 0 Å². The Morgan fingerprint density at radius 2 is 1.78 bits per heavy atom. The number of nitrogens with one attached hydrogen (secondary N) is 1. The van der Waals surface area contributed by atoms with E-state index in [1.165, 1.54) is 0 Å². The van der Waals surface area contributed by atoms with Crippen LogP contribution in [0.1, 0.15) is 10.4 Å². The van der Waals surface area contributed by atoms with Gasteiger partial charge in [-0.25, -0.2) is 15.0 Å². The van der Waals surface area contributed by atoms with Gasteiger partial charge >= 0.3 is 0 Å². The predicted molar refractivity (Wildman–Crippen MR) is 125 cm³/mol. The summed E-state index contributed by atoms with van der Waals surface area (Å²) in [6, 6.07) is 14.9. The molecule has 32 heavy (non-hydrogen) atoms. The second kappa shape index (κ2) is 8.68. The maximum Gasteiger partial charge on any atom is 0.257 e. The van der Waals surface area contributed by atoms with E-state index in [9.17, 15) is 4.79 Å². The minimum atomic E-state index is -0.226. The second-order valence-electron chi connectivity index (χ2n) is 7.82. The normalized spacial score (nSPS) is 14.5. The summed E-state index contributed by atoms with van der Waals surface area (Å²) in [5.41, 5.74) is 2.86. The monoisotopic (exact) mass is 425 g/mol. The molecule has 0 unspecified atom stereocenters. The van der Waals surface area contributed by atoms with Crippen molar-refractivity contribution in [2.24, 2.45) is 0 Å². The Morgan fingerprint density at radius 3 is 2.59 bits per heavy atom. The van der Waals surface area contributed by atoms with Gasteiger partial charge in [-0.3, -0.25) is 9.78 Å². The number of amides is 1. The summed E-state index contributed by atoms with van der Waals surface area (Å²) in [7, 11) is 2.11. The fourth-order valence-electron chi connectivity index (χ4n) is 3.70. The quantitative estimate of drug-likeness (QED) is 0.538. The van der Waals surface area contributed by atoms with Crippen molar-refractivity contribution in [3.63, 3.8) is 0 Å². The summed E-state index contributed by atoms with van der Waals surface area (Å²) in [6.45, 7) is 3.75. The van der Waals surface area contributed by atoms with Gasteiger partial charge in [0.15, 0.2) is 0 Å². The number of hydrogen-bond donors (Lipinski definition) is 1. The average Bonchev–Trinajstić information content (AvgIpc) is 2.84. The Kier molecular flexibility index (Phi) is 5.43. The molecule has 8 nitrogen and oxygen atoms in total. The number of piperazine rings is 1. The van der Waals surface area contributed by atoms with Gasteiger partial charge in [0, 0.05) is 61.8 Å². The van der Waals surface area contributed by atoms with Crippen LogP contribution in [0.4, 0.5) is 11.6 Å². The number of nitrogens with zero attached hydrogens (tertiary/aromatic N) is 6. The van der Waals surface area contributed by atoms with Crippen molar-refractivity contribution >= 4 is 28.4 Å². The third kappa shape index (κ3) is 4.26. The van der Waals surface area contributed by atoms with Crippen molar-refractivity contribution in [3.8, 4) is 11.4 Å². The Morgan fingerprint density at radius 1 is 0.906 bits per heavy atom. The zero-order valence-corrected chi connectivity index (χ0v) is 17.8. The fraction of sp³-hybridized carbons (Fsp3) is 0.208. The molecule has 1 N–H and O–H groups in total. The van der Waals surface area contributed by atoms with Crippen molar-refractivity contribution < 1.29 is 4.79 Å². The van der Waals surface area contributed by atoms with Gasteiger partial charge in [-0.1, -0.05) is 6.07 Å². The van der Waals surface area contributed by atoms with Gasteiger partial charge in [0.25, 0.3) is 5.91 Å². The number of pyridine rings is 4. The third-order valence-corrected chi connectivity index (χ3v) is 5.58. The van der Waals surface area contributed by atoms with Gasteiger partial charge in [-0.15, -0.1) is 0 Å². The van der Waals surface area contributed by atoms with E-state index in [0.717, 1.165) is 54.3 Å². The largest absolute Gasteiger partial charge is 0.354 e. The third-order valence-electron chi connectivity index (χ3n) is 5.58. The highest BCUT2D eigenvalue weighted by atomic mass is 16.1. The number of likely N-dealkylation sites (N-methyl/N-ethyl adjacent to an activating group) is 1. The lowest BCUT2D eigenvalue weighted by molar-refractivity contribution is 0.102. The molecule has 0 aromatic carbocycles. The number of rotatable bonds is 4. The highest BCUT2D eigenvalue weighted by molar-refractivity contribution is 6.04. The molecule has 1 aliphatic heterocycles. The number of fused-ring (bicyclic) bond motifs is 1. The Labute approximate surface area is 186 Å². The molecule has 4 aromatic rings. The van der Waals surface area contributed by atoms with Crippen molar-refractivity contribution in [1.29, 1.82) is 0 Å². The van der Waals surface area contributed by atoms with Crippen LogP contribution in [-0.4, -0.2) is 64.0 Å². The Balaban J connectivity index is 1.36. The summed E-state index contributed by atoms with van der Waals surface area (Å²) >= 11 is 0. The summed E-state index contributed by atoms with van der Waals surface area (Å²) in [6.07, 6.45) is 5.13. The van der Waals surface area contributed by atoms with Crippen LogP contribution in [0, 0.1) is 0 Å². The minimum absolute atomic E-state index is 0.226. The maximum atomic E-state index is 12.9. The Hall–Kier alpha value is -3.91. The van der Waals surface area contributed by atoms with Crippen LogP contribution in [0.3, 0.4) is 0 Å². The number of anilines is 2. The summed E-state index contributed by atoms with van der Waals surface area (Å²) in [4.78, 5) is 35.3. The molecule has 5 heterocycles. The molecular weight excluding hydrogens is 402 g/mol. The lowest BCUT2D eigenvalue weighted by atomic mass is 10.2. The number of carbonyl (C=O) groups excluding carboxylic acids is 1. The molecule has 8 heteroatoms. The maximum absolute atomic E-state index is 12.9. The molecule has 1 aliphatic rings. The van der Waals surface area contributed by atoms with Crippen LogP contribution >= 0.6 is 0 Å². The summed E-state index contributed by atoms with van der Waals surface area (Å²) in [5.74, 6) is 1.04. The van der Waals surface area contributed by atoms with Gasteiger partial charge in [0.1, 0.15) is 11.6 Å². The van der Waals surface area contributed by atoms with Crippen LogP contribution in [0.15, 0.2) is 67.1 Å². The predicted octanol–water partition coefficient (Wildman–Crippen LogP) is 3.09. The van der Waals surface area contributed by atoms with Crippen molar-refractivity contribution in [3.05, 3.63) is 72.7 Å². The van der Waals surface area contributed by atoms with Crippen LogP contribution in [0.5, 0.6) is 0 Å². The van der Waals surface area contributed by atoms with E-state index in [-0.39, 0.29) is 5.91 Å². The molecular formula is C24H23N7O. The van der Waals surface area contributed by atoms with E-state index >= 15 is 0 Å². The van der Waals surface area contributed by atoms with E-state index in [1.807, 2.05) is 36.4 Å². The van der Waals surface area contributed by atoms with Crippen LogP contribution < -0.4 is 10.2 Å². The smallest absolute Gasteiger partial charge is 0.257 e. The van der Waals surface area contributed by atoms with Crippen LogP contribution in [-0.2, 0) is 0 Å². The second-order valence-corrected chi connectivity index (χ2v) is 7.82. The number of aromatic nitrogens is 4. The molecule has 4 aromatic heterocycles. The number of carbonyl (C=O) groups is 1. The van der Waals surface area contributed by atoms with Gasteiger partial charge in [0.05, 0.1) is 16.9 Å². The first-order chi connectivity index (χ1) is 15.7. The van der Waals surface area contributed by atoms with Crippen molar-refractivity contribution in [2.75, 3.05) is 43.4 Å². The molecule has 0 saturated carbocycles. The molecule has 1 fully saturated rings. The van der Waals surface area contributed by atoms with E-state index in [4.69, 9.17) is 4.98 Å². The first-order valence-corrected chi connectivity index (χ1v) is 10.5. The standard InChI is InChI=1S/C24H23N7O/c1-30-10-12-31(13-11-30)23-14-17(7-9-26-23)24(32)29-22-15-21-18(16-27-22)5-6-20(28-21)19-4-2-3-8-25-19/h2-9,14-16H,10-13H2,1H3,(H,27,29,32). The van der Waals surface area contributed by atoms with Gasteiger partial charge < -0.3 is 15.1 Å². The highest BCUT2D eigenvalue weighted by Gasteiger charge is 2.17. The molecule has 1 saturated heterocycles. The molecule has 160 valence electrons. The Bertz CT molecular complexity index is 1250. The minimum Gasteiger partial charge on any atom is -0.354 e. The summed E-state index contributed by atoms with van der Waals surface area (Å²) < 4.78 is 0. The fourth-order valence-corrected chi connectivity index (χ4v) is 3.70. The van der Waals surface area contributed by atoms with E-state index in [0.29, 0.717) is 11.4 Å². The summed E-state index contributed by atoms with van der Waals surface area (Å²) in [5, 5.41) is 3.78. The molecule has 1 amide bonds. The molecule has 5 rings (SSSR count). The SMILES string of the molecule is CN1CCN(c2cc(C(=O)Nc3cc4nc(-c5ccccn5)ccc4cn3)ccn2)CC1. The lowest BCUT2D eigenvalue weighted by Gasteiger charge is -2.33. The zero-order valence-electron chi connectivity index (χ0n) is 17.8. The first-order valence-electron chi connectivity index (χ1n) is 10.5. The highest BCUT2D eigenvalue weighted by Crippen LogP contribution is 2.21.